The first-order chi connectivity index (χ1) is 7.57. The molecule has 0 aromatic heterocycles. The molecule has 0 aromatic carbocycles. The van der Waals surface area contributed by atoms with E-state index in [0.29, 0.717) is 19.8 Å². The SMILES string of the molecule is CCO[Si](OCC)(OCC)N(C)C(=O)OC. The number of carbonyl (C=O) groups excluding carboxylic acids is 1. The maximum atomic E-state index is 11.5. The Morgan fingerprint density at radius 2 is 1.44 bits per heavy atom. The second-order valence-electron chi connectivity index (χ2n) is 2.85. The molecule has 0 saturated heterocycles. The lowest BCUT2D eigenvalue weighted by Gasteiger charge is -2.33. The zero-order valence-electron chi connectivity index (χ0n) is 10.6. The van der Waals surface area contributed by atoms with Gasteiger partial charge in [0.2, 0.25) is 0 Å². The van der Waals surface area contributed by atoms with Gasteiger partial charge in [-0.25, -0.2) is 4.79 Å². The Morgan fingerprint density at radius 1 is 1.06 bits per heavy atom. The summed E-state index contributed by atoms with van der Waals surface area (Å²) in [5.74, 6) is 0. The number of rotatable bonds is 7. The minimum Gasteiger partial charge on any atom is -0.453 e. The molecule has 0 N–H and O–H groups in total. The van der Waals surface area contributed by atoms with Crippen LogP contribution in [-0.4, -0.2) is 53.6 Å². The molecule has 0 fully saturated rings. The van der Waals surface area contributed by atoms with Crippen LogP contribution in [0.1, 0.15) is 20.8 Å². The van der Waals surface area contributed by atoms with E-state index in [1.165, 1.54) is 11.7 Å². The molecule has 0 aliphatic carbocycles. The Kier molecular flexibility index (Phi) is 7.31. The van der Waals surface area contributed by atoms with E-state index in [-0.39, 0.29) is 0 Å². The van der Waals surface area contributed by atoms with E-state index in [2.05, 4.69) is 4.74 Å². The minimum atomic E-state index is -3.12. The Morgan fingerprint density at radius 3 is 1.69 bits per heavy atom. The number of hydrogen-bond acceptors (Lipinski definition) is 5. The third-order valence-electron chi connectivity index (χ3n) is 1.84. The van der Waals surface area contributed by atoms with Crippen molar-refractivity contribution in [2.24, 2.45) is 0 Å². The summed E-state index contributed by atoms with van der Waals surface area (Å²) in [4.78, 5) is 11.5. The van der Waals surface area contributed by atoms with Crippen LogP contribution in [0.2, 0.25) is 0 Å². The molecule has 96 valence electrons. The summed E-state index contributed by atoms with van der Waals surface area (Å²) in [6.07, 6.45) is -0.526. The van der Waals surface area contributed by atoms with Crippen LogP contribution in [0, 0.1) is 0 Å². The summed E-state index contributed by atoms with van der Waals surface area (Å²) in [5.41, 5.74) is 0. The molecule has 0 aromatic rings. The standard InChI is InChI=1S/C9H21NO5Si/c1-6-13-16(14-7-2,15-8-3)10(4)9(11)12-5/h6-8H2,1-5H3. The fourth-order valence-corrected chi connectivity index (χ4v) is 3.45. The highest BCUT2D eigenvalue weighted by atomic mass is 28.4. The van der Waals surface area contributed by atoms with Crippen LogP contribution in [0.3, 0.4) is 0 Å². The van der Waals surface area contributed by atoms with Gasteiger partial charge in [0.05, 0.1) is 7.11 Å². The smallest absolute Gasteiger partial charge is 0.453 e. The van der Waals surface area contributed by atoms with E-state index < -0.39 is 15.1 Å². The number of carbonyl (C=O) groups is 1. The third-order valence-corrected chi connectivity index (χ3v) is 4.80. The molecule has 0 atom stereocenters. The molecule has 1 amide bonds. The Bertz CT molecular complexity index is 197. The van der Waals surface area contributed by atoms with Gasteiger partial charge in [0.1, 0.15) is 0 Å². The van der Waals surface area contributed by atoms with Crippen LogP contribution < -0.4 is 0 Å². The zero-order valence-corrected chi connectivity index (χ0v) is 11.6. The summed E-state index contributed by atoms with van der Waals surface area (Å²) in [6, 6.07) is 0. The fourth-order valence-electron chi connectivity index (χ4n) is 1.21. The quantitative estimate of drug-likeness (QED) is 0.637. The maximum absolute atomic E-state index is 11.5. The molecule has 7 heteroatoms. The van der Waals surface area contributed by atoms with Crippen LogP contribution in [-0.2, 0) is 18.0 Å². The van der Waals surface area contributed by atoms with Gasteiger partial charge in [-0.1, -0.05) is 0 Å². The topological polar surface area (TPSA) is 57.2 Å². The van der Waals surface area contributed by atoms with Gasteiger partial charge in [-0.15, -0.1) is 0 Å². The first kappa shape index (κ1) is 15.4. The number of ether oxygens (including phenoxy) is 1. The Balaban J connectivity index is 4.89. The average Bonchev–Trinajstić information content (AvgIpc) is 2.28. The van der Waals surface area contributed by atoms with Crippen molar-refractivity contribution in [1.29, 1.82) is 0 Å². The second-order valence-corrected chi connectivity index (χ2v) is 5.44. The Labute approximate surface area is 97.9 Å². The molecule has 16 heavy (non-hydrogen) atoms. The van der Waals surface area contributed by atoms with Gasteiger partial charge < -0.3 is 18.0 Å². The monoisotopic (exact) mass is 251 g/mol. The van der Waals surface area contributed by atoms with Gasteiger partial charge in [0.15, 0.2) is 0 Å². The van der Waals surface area contributed by atoms with Gasteiger partial charge in [-0.3, -0.25) is 4.57 Å². The number of nitrogens with zero attached hydrogens (tertiary/aromatic N) is 1. The summed E-state index contributed by atoms with van der Waals surface area (Å²) < 4.78 is 22.5. The van der Waals surface area contributed by atoms with Crippen LogP contribution in [0.4, 0.5) is 4.79 Å². The van der Waals surface area contributed by atoms with Crippen molar-refractivity contribution >= 4 is 15.1 Å². The molecule has 0 heterocycles. The van der Waals surface area contributed by atoms with Gasteiger partial charge >= 0.3 is 15.1 Å². The predicted molar refractivity (Wildman–Crippen MR) is 60.8 cm³/mol. The molecular weight excluding hydrogens is 230 g/mol. The fraction of sp³-hybridized carbons (Fsp3) is 0.889. The van der Waals surface area contributed by atoms with Crippen molar-refractivity contribution in [3.8, 4) is 0 Å². The number of hydrogen-bond donors (Lipinski definition) is 0. The minimum absolute atomic E-state index is 0.410. The van der Waals surface area contributed by atoms with Crippen LogP contribution in [0.5, 0.6) is 0 Å². The summed E-state index contributed by atoms with van der Waals surface area (Å²) >= 11 is 0. The van der Waals surface area contributed by atoms with E-state index in [1.54, 1.807) is 7.05 Å². The maximum Gasteiger partial charge on any atom is 0.638 e. The predicted octanol–water partition coefficient (Wildman–Crippen LogP) is 1.23. The van der Waals surface area contributed by atoms with Gasteiger partial charge in [0, 0.05) is 26.9 Å². The van der Waals surface area contributed by atoms with Crippen LogP contribution in [0.25, 0.3) is 0 Å². The van der Waals surface area contributed by atoms with Crippen molar-refractivity contribution in [2.75, 3.05) is 34.0 Å². The highest BCUT2D eigenvalue weighted by Gasteiger charge is 2.50. The van der Waals surface area contributed by atoms with Crippen LogP contribution in [0.15, 0.2) is 0 Å². The molecule has 0 radical (unpaired) electrons. The molecule has 0 rings (SSSR count). The average molecular weight is 251 g/mol. The van der Waals surface area contributed by atoms with E-state index >= 15 is 0 Å². The van der Waals surface area contributed by atoms with Gasteiger partial charge in [0.25, 0.3) is 0 Å². The number of methoxy groups -OCH3 is 1. The molecule has 0 aliphatic heterocycles. The first-order valence-electron chi connectivity index (χ1n) is 5.31. The molecule has 0 spiro atoms. The molecule has 0 bridgehead atoms. The highest BCUT2D eigenvalue weighted by Crippen LogP contribution is 2.15. The third kappa shape index (κ3) is 3.74. The highest BCUT2D eigenvalue weighted by molar-refractivity contribution is 6.60. The van der Waals surface area contributed by atoms with Crippen molar-refractivity contribution in [3.63, 3.8) is 0 Å². The second kappa shape index (κ2) is 7.61. The lowest BCUT2D eigenvalue weighted by atomic mass is 10.9. The largest absolute Gasteiger partial charge is 0.638 e. The van der Waals surface area contributed by atoms with E-state index in [4.69, 9.17) is 13.3 Å². The van der Waals surface area contributed by atoms with Crippen LogP contribution >= 0.6 is 0 Å². The lowest BCUT2D eigenvalue weighted by Crippen LogP contribution is -2.61. The first-order valence-corrected chi connectivity index (χ1v) is 6.98. The summed E-state index contributed by atoms with van der Waals surface area (Å²) in [7, 11) is -0.262. The van der Waals surface area contributed by atoms with Crippen molar-refractivity contribution in [2.45, 2.75) is 20.8 Å². The Hall–Kier alpha value is -0.633. The van der Waals surface area contributed by atoms with Crippen molar-refractivity contribution < 1.29 is 22.8 Å². The van der Waals surface area contributed by atoms with E-state index in [1.807, 2.05) is 20.8 Å². The zero-order chi connectivity index (χ0) is 12.6. The van der Waals surface area contributed by atoms with E-state index in [0.717, 1.165) is 0 Å². The summed E-state index contributed by atoms with van der Waals surface area (Å²) in [6.45, 7) is 6.70. The lowest BCUT2D eigenvalue weighted by molar-refractivity contribution is 0.0232. The van der Waals surface area contributed by atoms with Crippen molar-refractivity contribution in [3.05, 3.63) is 0 Å². The molecule has 0 aliphatic rings. The van der Waals surface area contributed by atoms with E-state index in [9.17, 15) is 4.79 Å². The normalized spacial score (nSPS) is 11.3. The molecule has 6 nitrogen and oxygen atoms in total. The molecule has 0 saturated carbocycles. The van der Waals surface area contributed by atoms with Crippen molar-refractivity contribution in [1.82, 2.24) is 4.57 Å². The molecule has 0 unspecified atom stereocenters. The molecular formula is C9H21NO5Si. The van der Waals surface area contributed by atoms with Gasteiger partial charge in [-0.05, 0) is 20.8 Å². The number of amides is 1. The van der Waals surface area contributed by atoms with Gasteiger partial charge in [-0.2, -0.15) is 0 Å². The summed E-state index contributed by atoms with van der Waals surface area (Å²) in [5, 5.41) is 0.